The average Bonchev–Trinajstić information content (AvgIpc) is 3.43. The molecule has 5 rings (SSSR count). The SMILES string of the molecule is Cc1ccc(-c2c3c(=O)n(C)c(=O)n(C)c3c3n2CCO[C@H]3c2cccs2)cc1[N+](=O)[O-]. The van der Waals surface area contributed by atoms with Gasteiger partial charge in [0.1, 0.15) is 6.10 Å². The van der Waals surface area contributed by atoms with E-state index in [9.17, 15) is 19.7 Å². The van der Waals surface area contributed by atoms with Crippen LogP contribution >= 0.6 is 11.3 Å². The van der Waals surface area contributed by atoms with Crippen LogP contribution in [0.2, 0.25) is 0 Å². The van der Waals surface area contributed by atoms with Crippen LogP contribution in [0.5, 0.6) is 0 Å². The second kappa shape index (κ2) is 7.28. The Morgan fingerprint density at radius 1 is 1.19 bits per heavy atom. The van der Waals surface area contributed by atoms with Gasteiger partial charge in [0.25, 0.3) is 11.2 Å². The Hall–Kier alpha value is -3.50. The van der Waals surface area contributed by atoms with Gasteiger partial charge in [0, 0.05) is 42.7 Å². The van der Waals surface area contributed by atoms with Crippen molar-refractivity contribution < 1.29 is 9.66 Å². The fourth-order valence-corrected chi connectivity index (χ4v) is 5.27. The number of nitro benzene ring substituents is 1. The number of hydrogen-bond acceptors (Lipinski definition) is 6. The third-order valence-electron chi connectivity index (χ3n) is 6.03. The summed E-state index contributed by atoms with van der Waals surface area (Å²) in [6.45, 7) is 2.54. The first-order valence-electron chi connectivity index (χ1n) is 10.0. The van der Waals surface area contributed by atoms with E-state index in [0.717, 1.165) is 9.44 Å². The zero-order valence-electron chi connectivity index (χ0n) is 17.7. The van der Waals surface area contributed by atoms with Crippen LogP contribution in [0.1, 0.15) is 22.2 Å². The van der Waals surface area contributed by atoms with Gasteiger partial charge in [0.2, 0.25) is 0 Å². The Balaban J connectivity index is 1.96. The normalized spacial score (nSPS) is 15.8. The van der Waals surface area contributed by atoms with E-state index in [0.29, 0.717) is 46.6 Å². The molecule has 0 spiro atoms. The Kier molecular flexibility index (Phi) is 4.64. The van der Waals surface area contributed by atoms with Crippen LogP contribution < -0.4 is 11.2 Å². The minimum absolute atomic E-state index is 0.0188. The molecule has 0 unspecified atom stereocenters. The van der Waals surface area contributed by atoms with E-state index in [1.165, 1.54) is 29.0 Å². The first kappa shape index (κ1) is 20.4. The highest BCUT2D eigenvalue weighted by Crippen LogP contribution is 2.42. The predicted octanol–water partition coefficient (Wildman–Crippen LogP) is 3.10. The van der Waals surface area contributed by atoms with Gasteiger partial charge in [-0.05, 0) is 18.4 Å². The van der Waals surface area contributed by atoms with Crippen molar-refractivity contribution in [1.29, 1.82) is 0 Å². The van der Waals surface area contributed by atoms with Gasteiger partial charge in [-0.25, -0.2) is 4.79 Å². The van der Waals surface area contributed by atoms with Gasteiger partial charge in [-0.3, -0.25) is 24.0 Å². The second-order valence-corrected chi connectivity index (χ2v) is 8.82. The minimum atomic E-state index is -0.446. The van der Waals surface area contributed by atoms with Crippen LogP contribution in [0.25, 0.3) is 22.2 Å². The number of nitrogens with zero attached hydrogens (tertiary/aromatic N) is 4. The molecule has 4 heterocycles. The maximum atomic E-state index is 13.4. The largest absolute Gasteiger partial charge is 0.364 e. The number of nitro groups is 1. The Bertz CT molecular complexity index is 1510. The van der Waals surface area contributed by atoms with E-state index >= 15 is 0 Å². The van der Waals surface area contributed by atoms with Gasteiger partial charge in [-0.2, -0.15) is 0 Å². The van der Waals surface area contributed by atoms with Crippen LogP contribution in [-0.2, 0) is 25.4 Å². The minimum Gasteiger partial charge on any atom is -0.364 e. The molecule has 0 saturated heterocycles. The molecule has 0 aliphatic carbocycles. The van der Waals surface area contributed by atoms with Crippen LogP contribution in [0.3, 0.4) is 0 Å². The molecule has 1 aromatic carbocycles. The molecule has 0 N–H and O–H groups in total. The zero-order valence-corrected chi connectivity index (χ0v) is 18.5. The summed E-state index contributed by atoms with van der Waals surface area (Å²) in [7, 11) is 3.07. The molecule has 0 fully saturated rings. The summed E-state index contributed by atoms with van der Waals surface area (Å²) in [5.74, 6) is 0. The monoisotopic (exact) mass is 452 g/mol. The van der Waals surface area contributed by atoms with Crippen molar-refractivity contribution in [2.45, 2.75) is 19.6 Å². The molecule has 164 valence electrons. The third kappa shape index (κ3) is 2.80. The molecule has 0 radical (unpaired) electrons. The smallest absolute Gasteiger partial charge is 0.331 e. The number of aromatic nitrogens is 3. The molecule has 1 aliphatic heterocycles. The van der Waals surface area contributed by atoms with Crippen molar-refractivity contribution in [2.24, 2.45) is 14.1 Å². The predicted molar refractivity (Wildman–Crippen MR) is 121 cm³/mol. The molecule has 4 aromatic rings. The standard InChI is InChI=1S/C22H20N4O5S/c1-12-6-7-13(11-14(12)26(29)30)17-16-18(23(2)22(28)24(3)21(16)27)19-20(15-5-4-10-32-15)31-9-8-25(17)19/h4-7,10-11,20H,8-9H2,1-3H3/t20-/m0/s1. The topological polar surface area (TPSA) is 101 Å². The fraction of sp³-hybridized carbons (Fsp3) is 0.273. The first-order valence-corrected chi connectivity index (χ1v) is 10.9. The van der Waals surface area contributed by atoms with Crippen molar-refractivity contribution in [1.82, 2.24) is 13.7 Å². The lowest BCUT2D eigenvalue weighted by molar-refractivity contribution is -0.385. The highest BCUT2D eigenvalue weighted by molar-refractivity contribution is 7.10. The molecule has 1 atom stereocenters. The zero-order chi connectivity index (χ0) is 22.7. The molecule has 0 amide bonds. The summed E-state index contributed by atoms with van der Waals surface area (Å²) >= 11 is 1.53. The summed E-state index contributed by atoms with van der Waals surface area (Å²) in [5.41, 5.74) is 1.98. The summed E-state index contributed by atoms with van der Waals surface area (Å²) in [4.78, 5) is 38.3. The van der Waals surface area contributed by atoms with E-state index in [-0.39, 0.29) is 5.69 Å². The number of rotatable bonds is 3. The number of fused-ring (bicyclic) bond motifs is 3. The maximum absolute atomic E-state index is 13.4. The number of aryl methyl sites for hydroxylation is 2. The Morgan fingerprint density at radius 2 is 1.97 bits per heavy atom. The molecule has 0 saturated carbocycles. The maximum Gasteiger partial charge on any atom is 0.331 e. The summed E-state index contributed by atoms with van der Waals surface area (Å²) in [5, 5.41) is 13.9. The van der Waals surface area contributed by atoms with Gasteiger partial charge in [0.15, 0.2) is 0 Å². The second-order valence-electron chi connectivity index (χ2n) is 7.84. The summed E-state index contributed by atoms with van der Waals surface area (Å²) in [6.07, 6.45) is -0.446. The van der Waals surface area contributed by atoms with Crippen molar-refractivity contribution in [3.8, 4) is 11.3 Å². The van der Waals surface area contributed by atoms with Gasteiger partial charge < -0.3 is 9.30 Å². The van der Waals surface area contributed by atoms with Gasteiger partial charge >= 0.3 is 5.69 Å². The van der Waals surface area contributed by atoms with Crippen molar-refractivity contribution in [3.63, 3.8) is 0 Å². The highest BCUT2D eigenvalue weighted by atomic mass is 32.1. The number of thiophene rings is 1. The van der Waals surface area contributed by atoms with Gasteiger partial charge in [-0.1, -0.05) is 18.2 Å². The number of ether oxygens (including phenoxy) is 1. The number of benzene rings is 1. The van der Waals surface area contributed by atoms with Gasteiger partial charge in [0.05, 0.1) is 33.8 Å². The van der Waals surface area contributed by atoms with Gasteiger partial charge in [-0.15, -0.1) is 11.3 Å². The molecule has 1 aliphatic rings. The van der Waals surface area contributed by atoms with Crippen LogP contribution in [0, 0.1) is 17.0 Å². The quantitative estimate of drug-likeness (QED) is 0.351. The van der Waals surface area contributed by atoms with E-state index < -0.39 is 22.3 Å². The average molecular weight is 452 g/mol. The molecule has 9 nitrogen and oxygen atoms in total. The van der Waals surface area contributed by atoms with Crippen LogP contribution in [-0.4, -0.2) is 25.2 Å². The van der Waals surface area contributed by atoms with Crippen molar-refractivity contribution >= 4 is 27.9 Å². The molecule has 3 aromatic heterocycles. The highest BCUT2D eigenvalue weighted by Gasteiger charge is 2.33. The van der Waals surface area contributed by atoms with E-state index in [1.807, 2.05) is 22.1 Å². The van der Waals surface area contributed by atoms with E-state index in [1.54, 1.807) is 26.1 Å². The first-order chi connectivity index (χ1) is 15.3. The van der Waals surface area contributed by atoms with E-state index in [2.05, 4.69) is 0 Å². The lowest BCUT2D eigenvalue weighted by Crippen LogP contribution is -2.37. The van der Waals surface area contributed by atoms with Crippen molar-refractivity contribution in [2.75, 3.05) is 6.61 Å². The molecule has 10 heteroatoms. The van der Waals surface area contributed by atoms with Crippen LogP contribution in [0.15, 0.2) is 45.3 Å². The number of hydrogen-bond donors (Lipinski definition) is 0. The molecule has 0 bridgehead atoms. The lowest BCUT2D eigenvalue weighted by Gasteiger charge is -2.26. The molecular formula is C22H20N4O5S. The molecule has 32 heavy (non-hydrogen) atoms. The summed E-state index contributed by atoms with van der Waals surface area (Å²) < 4.78 is 10.6. The van der Waals surface area contributed by atoms with Crippen molar-refractivity contribution in [3.05, 3.63) is 82.8 Å². The lowest BCUT2D eigenvalue weighted by atomic mass is 10.1. The molecular weight excluding hydrogens is 432 g/mol. The van der Waals surface area contributed by atoms with Crippen LogP contribution in [0.4, 0.5) is 5.69 Å². The Labute approximate surface area is 185 Å². The summed E-state index contributed by atoms with van der Waals surface area (Å²) in [6, 6.07) is 8.85. The fourth-order valence-electron chi connectivity index (χ4n) is 4.49. The van der Waals surface area contributed by atoms with E-state index in [4.69, 9.17) is 4.74 Å². The Morgan fingerprint density at radius 3 is 2.66 bits per heavy atom. The third-order valence-corrected chi connectivity index (χ3v) is 6.95.